The maximum atomic E-state index is 12.3. The highest BCUT2D eigenvalue weighted by Gasteiger charge is 2.19. The Morgan fingerprint density at radius 3 is 2.94 bits per heavy atom. The third-order valence-electron chi connectivity index (χ3n) is 2.70. The van der Waals surface area contributed by atoms with Crippen LogP contribution in [-0.2, 0) is 7.05 Å². The normalized spacial score (nSPS) is 17.2. The second-order valence-electron chi connectivity index (χ2n) is 3.91. The van der Waals surface area contributed by atoms with Crippen molar-refractivity contribution in [2.45, 2.75) is 6.42 Å². The monoisotopic (exact) mass is 302 g/mol. The standard InChI is InChI=1S/C11H15BrN2OS/c1-13-8-9(12)7-10(13)11(15)14-3-2-5-16-6-4-14/h7-8H,2-6H2,1H3. The van der Waals surface area contributed by atoms with Gasteiger partial charge in [-0.05, 0) is 34.2 Å². The van der Waals surface area contributed by atoms with Crippen molar-refractivity contribution in [3.05, 3.63) is 22.4 Å². The van der Waals surface area contributed by atoms with Crippen LogP contribution in [0.15, 0.2) is 16.7 Å². The molecule has 0 saturated carbocycles. The van der Waals surface area contributed by atoms with Crippen molar-refractivity contribution in [3.8, 4) is 0 Å². The van der Waals surface area contributed by atoms with E-state index in [-0.39, 0.29) is 5.91 Å². The summed E-state index contributed by atoms with van der Waals surface area (Å²) in [4.78, 5) is 14.2. The number of hydrogen-bond acceptors (Lipinski definition) is 2. The zero-order chi connectivity index (χ0) is 11.5. The highest BCUT2D eigenvalue weighted by molar-refractivity contribution is 9.10. The van der Waals surface area contributed by atoms with E-state index < -0.39 is 0 Å². The number of aryl methyl sites for hydroxylation is 1. The topological polar surface area (TPSA) is 25.2 Å². The van der Waals surface area contributed by atoms with Crippen LogP contribution in [0.1, 0.15) is 16.9 Å². The summed E-state index contributed by atoms with van der Waals surface area (Å²) >= 11 is 5.33. The molecule has 16 heavy (non-hydrogen) atoms. The Morgan fingerprint density at radius 1 is 1.44 bits per heavy atom. The Balaban J connectivity index is 2.14. The molecule has 0 N–H and O–H groups in total. The number of nitrogens with zero attached hydrogens (tertiary/aromatic N) is 2. The maximum Gasteiger partial charge on any atom is 0.270 e. The summed E-state index contributed by atoms with van der Waals surface area (Å²) in [6.07, 6.45) is 3.02. The first kappa shape index (κ1) is 12.0. The number of carbonyl (C=O) groups excluding carboxylic acids is 1. The van der Waals surface area contributed by atoms with Crippen LogP contribution in [0.25, 0.3) is 0 Å². The first-order valence-electron chi connectivity index (χ1n) is 5.37. The highest BCUT2D eigenvalue weighted by Crippen LogP contribution is 2.17. The molecule has 0 radical (unpaired) electrons. The van der Waals surface area contributed by atoms with E-state index in [1.807, 2.05) is 40.5 Å². The molecule has 0 atom stereocenters. The van der Waals surface area contributed by atoms with E-state index in [1.54, 1.807) is 0 Å². The van der Waals surface area contributed by atoms with Crippen molar-refractivity contribution in [2.75, 3.05) is 24.6 Å². The number of amides is 1. The molecule has 1 amide bonds. The number of halogens is 1. The van der Waals surface area contributed by atoms with E-state index in [2.05, 4.69) is 15.9 Å². The smallest absolute Gasteiger partial charge is 0.270 e. The lowest BCUT2D eigenvalue weighted by Crippen LogP contribution is -2.34. The molecule has 88 valence electrons. The van der Waals surface area contributed by atoms with Crippen LogP contribution < -0.4 is 0 Å². The van der Waals surface area contributed by atoms with Gasteiger partial charge in [-0.3, -0.25) is 4.79 Å². The summed E-state index contributed by atoms with van der Waals surface area (Å²) < 4.78 is 2.84. The van der Waals surface area contributed by atoms with Crippen LogP contribution in [0.5, 0.6) is 0 Å². The van der Waals surface area contributed by atoms with Gasteiger partial charge in [0.25, 0.3) is 5.91 Å². The van der Waals surface area contributed by atoms with Gasteiger partial charge in [0.05, 0.1) is 0 Å². The molecule has 1 aliphatic heterocycles. The molecule has 0 spiro atoms. The molecule has 1 saturated heterocycles. The van der Waals surface area contributed by atoms with Crippen molar-refractivity contribution in [1.82, 2.24) is 9.47 Å². The summed E-state index contributed by atoms with van der Waals surface area (Å²) in [5.41, 5.74) is 0.763. The van der Waals surface area contributed by atoms with E-state index in [1.165, 1.54) is 5.75 Å². The van der Waals surface area contributed by atoms with Crippen LogP contribution >= 0.6 is 27.7 Å². The minimum Gasteiger partial charge on any atom is -0.345 e. The van der Waals surface area contributed by atoms with Crippen molar-refractivity contribution >= 4 is 33.6 Å². The van der Waals surface area contributed by atoms with E-state index in [4.69, 9.17) is 0 Å². The number of carbonyl (C=O) groups is 1. The molecule has 1 fully saturated rings. The SMILES string of the molecule is Cn1cc(Br)cc1C(=O)N1CCCSCC1. The molecule has 1 aromatic heterocycles. The predicted molar refractivity (Wildman–Crippen MR) is 71.0 cm³/mol. The van der Waals surface area contributed by atoms with Crippen molar-refractivity contribution in [2.24, 2.45) is 7.05 Å². The minimum absolute atomic E-state index is 0.149. The van der Waals surface area contributed by atoms with Crippen molar-refractivity contribution in [1.29, 1.82) is 0 Å². The fourth-order valence-electron chi connectivity index (χ4n) is 1.85. The largest absolute Gasteiger partial charge is 0.345 e. The average molecular weight is 303 g/mol. The Morgan fingerprint density at radius 2 is 2.25 bits per heavy atom. The molecule has 0 aliphatic carbocycles. The fraction of sp³-hybridized carbons (Fsp3) is 0.545. The van der Waals surface area contributed by atoms with E-state index in [9.17, 15) is 4.79 Å². The Bertz CT molecular complexity index is 383. The van der Waals surface area contributed by atoms with Gasteiger partial charge in [-0.25, -0.2) is 0 Å². The summed E-state index contributed by atoms with van der Waals surface area (Å²) in [5, 5.41) is 0. The van der Waals surface area contributed by atoms with Gasteiger partial charge in [-0.2, -0.15) is 11.8 Å². The molecule has 0 unspecified atom stereocenters. The quantitative estimate of drug-likeness (QED) is 0.796. The first-order chi connectivity index (χ1) is 7.68. The fourth-order valence-corrected chi connectivity index (χ4v) is 3.26. The summed E-state index contributed by atoms with van der Waals surface area (Å²) in [6.45, 7) is 1.75. The number of rotatable bonds is 1. The molecule has 1 aromatic rings. The van der Waals surface area contributed by atoms with Gasteiger partial charge >= 0.3 is 0 Å². The van der Waals surface area contributed by atoms with Crippen LogP contribution in [0.2, 0.25) is 0 Å². The lowest BCUT2D eigenvalue weighted by atomic mass is 10.3. The first-order valence-corrected chi connectivity index (χ1v) is 7.32. The van der Waals surface area contributed by atoms with Crippen LogP contribution in [0.3, 0.4) is 0 Å². The van der Waals surface area contributed by atoms with Crippen LogP contribution in [-0.4, -0.2) is 40.0 Å². The Kier molecular flexibility index (Phi) is 3.97. The van der Waals surface area contributed by atoms with Gasteiger partial charge in [0.2, 0.25) is 0 Å². The van der Waals surface area contributed by atoms with Gasteiger partial charge < -0.3 is 9.47 Å². The van der Waals surface area contributed by atoms with Crippen LogP contribution in [0, 0.1) is 0 Å². The Labute approximate surface area is 108 Å². The van der Waals surface area contributed by atoms with E-state index in [0.717, 1.165) is 35.4 Å². The lowest BCUT2D eigenvalue weighted by Gasteiger charge is -2.20. The molecule has 0 bridgehead atoms. The minimum atomic E-state index is 0.149. The van der Waals surface area contributed by atoms with Gasteiger partial charge in [-0.1, -0.05) is 0 Å². The molecular weight excluding hydrogens is 288 g/mol. The number of thioether (sulfide) groups is 1. The van der Waals surface area contributed by atoms with E-state index in [0.29, 0.717) is 0 Å². The molecule has 2 heterocycles. The van der Waals surface area contributed by atoms with Crippen LogP contribution in [0.4, 0.5) is 0 Å². The zero-order valence-electron chi connectivity index (χ0n) is 9.28. The molecule has 5 heteroatoms. The zero-order valence-corrected chi connectivity index (χ0v) is 11.7. The molecule has 2 rings (SSSR count). The second-order valence-corrected chi connectivity index (χ2v) is 6.05. The van der Waals surface area contributed by atoms with Crippen molar-refractivity contribution in [3.63, 3.8) is 0 Å². The summed E-state index contributed by atoms with van der Waals surface area (Å²) in [7, 11) is 1.91. The Hall–Kier alpha value is -0.420. The highest BCUT2D eigenvalue weighted by atomic mass is 79.9. The predicted octanol–water partition coefficient (Wildman–Crippen LogP) is 2.37. The molecular formula is C11H15BrN2OS. The molecule has 1 aliphatic rings. The maximum absolute atomic E-state index is 12.3. The van der Waals surface area contributed by atoms with Crippen molar-refractivity contribution < 1.29 is 4.79 Å². The lowest BCUT2D eigenvalue weighted by molar-refractivity contribution is 0.0759. The summed E-state index contributed by atoms with van der Waals surface area (Å²) in [5.74, 6) is 2.37. The average Bonchev–Trinajstić information content (AvgIpc) is 2.49. The molecule has 0 aromatic carbocycles. The number of aromatic nitrogens is 1. The number of hydrogen-bond donors (Lipinski definition) is 0. The summed E-state index contributed by atoms with van der Waals surface area (Å²) in [6, 6.07) is 1.89. The van der Waals surface area contributed by atoms with E-state index >= 15 is 0 Å². The van der Waals surface area contributed by atoms with Gasteiger partial charge in [0.1, 0.15) is 5.69 Å². The third kappa shape index (κ3) is 2.63. The van der Waals surface area contributed by atoms with Gasteiger partial charge in [0, 0.05) is 36.6 Å². The molecule has 3 nitrogen and oxygen atoms in total. The van der Waals surface area contributed by atoms with Gasteiger partial charge in [-0.15, -0.1) is 0 Å². The third-order valence-corrected chi connectivity index (χ3v) is 4.18. The van der Waals surface area contributed by atoms with Gasteiger partial charge in [0.15, 0.2) is 0 Å². The second kappa shape index (κ2) is 5.27.